The monoisotopic (exact) mass is 208 g/mol. The average molecular weight is 208 g/mol. The van der Waals surface area contributed by atoms with E-state index in [-0.39, 0.29) is 0 Å². The Bertz CT molecular complexity index is 313. The van der Waals surface area contributed by atoms with Crippen LogP contribution in [0, 0.1) is 12.3 Å². The predicted molar refractivity (Wildman–Crippen MR) is 58.5 cm³/mol. The highest BCUT2D eigenvalue weighted by Crippen LogP contribution is 2.13. The molecule has 1 atom stereocenters. The van der Waals surface area contributed by atoms with Gasteiger partial charge in [0, 0.05) is 5.56 Å². The van der Waals surface area contributed by atoms with Crippen molar-refractivity contribution in [3.8, 4) is 18.1 Å². The molecule has 0 heterocycles. The second-order valence-electron chi connectivity index (χ2n) is 2.78. The van der Waals surface area contributed by atoms with Gasteiger partial charge in [0.2, 0.25) is 0 Å². The normalized spacial score (nSPS) is 11.8. The Morgan fingerprint density at radius 3 is 2.57 bits per heavy atom. The lowest BCUT2D eigenvalue weighted by atomic mass is 10.2. The van der Waals surface area contributed by atoms with Crippen molar-refractivity contribution in [3.05, 3.63) is 29.8 Å². The first-order chi connectivity index (χ1) is 6.76. The maximum absolute atomic E-state index is 11.3. The summed E-state index contributed by atoms with van der Waals surface area (Å²) < 4.78 is 16.3. The van der Waals surface area contributed by atoms with Crippen molar-refractivity contribution in [1.29, 1.82) is 0 Å². The molecule has 0 amide bonds. The molecule has 0 N–H and O–H groups in total. The molecule has 14 heavy (non-hydrogen) atoms. The van der Waals surface area contributed by atoms with Crippen LogP contribution >= 0.6 is 0 Å². The Morgan fingerprint density at radius 1 is 1.43 bits per heavy atom. The van der Waals surface area contributed by atoms with Gasteiger partial charge in [-0.15, -0.1) is 6.42 Å². The molecule has 74 valence electrons. The van der Waals surface area contributed by atoms with E-state index in [1.807, 2.05) is 24.3 Å². The smallest absolute Gasteiger partial charge is 0.165 e. The molecule has 0 saturated heterocycles. The molecule has 1 aromatic rings. The van der Waals surface area contributed by atoms with E-state index in [1.165, 1.54) is 0 Å². The van der Waals surface area contributed by atoms with Gasteiger partial charge in [-0.3, -0.25) is 0 Å². The van der Waals surface area contributed by atoms with Crippen LogP contribution in [0.4, 0.5) is 0 Å². The summed E-state index contributed by atoms with van der Waals surface area (Å²) in [7, 11) is 1.62. The molecule has 0 fully saturated rings. The Morgan fingerprint density at radius 2 is 2.07 bits per heavy atom. The van der Waals surface area contributed by atoms with E-state index >= 15 is 0 Å². The van der Waals surface area contributed by atoms with Crippen molar-refractivity contribution in [3.63, 3.8) is 0 Å². The van der Waals surface area contributed by atoms with Crippen molar-refractivity contribution < 1.29 is 9.29 Å². The summed E-state index contributed by atoms with van der Waals surface area (Å²) in [6.45, 7) is 0. The molecule has 0 aliphatic heterocycles. The van der Waals surface area contributed by atoms with Crippen molar-refractivity contribution in [2.45, 2.75) is 5.75 Å². The topological polar surface area (TPSA) is 32.3 Å². The molecule has 0 aromatic heterocycles. The van der Waals surface area contributed by atoms with E-state index in [9.17, 15) is 4.55 Å². The van der Waals surface area contributed by atoms with Gasteiger partial charge in [-0.25, -0.2) is 0 Å². The molecule has 2 nitrogen and oxygen atoms in total. The number of methoxy groups -OCH3 is 1. The second kappa shape index (κ2) is 5.58. The molecule has 0 aliphatic rings. The van der Waals surface area contributed by atoms with Crippen molar-refractivity contribution in [2.75, 3.05) is 12.9 Å². The Labute approximate surface area is 87.5 Å². The SMILES string of the molecule is C#CC[S+]([O-])Cc1ccc(OC)cc1. The first-order valence-corrected chi connectivity index (χ1v) is 5.66. The predicted octanol–water partition coefficient (Wildman–Crippen LogP) is 1.58. The average Bonchev–Trinajstić information content (AvgIpc) is 2.19. The Hall–Kier alpha value is -1.11. The number of hydrogen-bond acceptors (Lipinski definition) is 2. The van der Waals surface area contributed by atoms with Crippen LogP contribution < -0.4 is 4.74 Å². The molecule has 0 radical (unpaired) electrons. The van der Waals surface area contributed by atoms with E-state index in [1.54, 1.807) is 7.11 Å². The molecule has 0 saturated carbocycles. The van der Waals surface area contributed by atoms with Crippen LogP contribution in [-0.2, 0) is 16.9 Å². The lowest BCUT2D eigenvalue weighted by molar-refractivity contribution is 0.414. The summed E-state index contributed by atoms with van der Waals surface area (Å²) in [5.74, 6) is 4.01. The zero-order valence-corrected chi connectivity index (χ0v) is 8.84. The first-order valence-electron chi connectivity index (χ1n) is 4.17. The van der Waals surface area contributed by atoms with Gasteiger partial charge in [-0.2, -0.15) is 0 Å². The van der Waals surface area contributed by atoms with Crippen LogP contribution in [0.25, 0.3) is 0 Å². The summed E-state index contributed by atoms with van der Waals surface area (Å²) in [4.78, 5) is 0. The lowest BCUT2D eigenvalue weighted by Crippen LogP contribution is -2.07. The van der Waals surface area contributed by atoms with Gasteiger partial charge >= 0.3 is 0 Å². The molecule has 3 heteroatoms. The van der Waals surface area contributed by atoms with Crippen molar-refractivity contribution >= 4 is 11.2 Å². The molecule has 0 spiro atoms. The Balaban J connectivity index is 2.56. The largest absolute Gasteiger partial charge is 0.615 e. The summed E-state index contributed by atoms with van der Waals surface area (Å²) in [6.07, 6.45) is 5.07. The summed E-state index contributed by atoms with van der Waals surface area (Å²) in [5.41, 5.74) is 1.01. The number of ether oxygens (including phenoxy) is 1. The third-order valence-electron chi connectivity index (χ3n) is 1.73. The van der Waals surface area contributed by atoms with E-state index in [4.69, 9.17) is 11.2 Å². The van der Waals surface area contributed by atoms with Crippen LogP contribution in [0.1, 0.15) is 5.56 Å². The van der Waals surface area contributed by atoms with Crippen LogP contribution in [0.5, 0.6) is 5.75 Å². The summed E-state index contributed by atoms with van der Waals surface area (Å²) >= 11 is -0.957. The third-order valence-corrected chi connectivity index (χ3v) is 2.87. The number of rotatable bonds is 4. The molecule has 1 rings (SSSR count). The minimum Gasteiger partial charge on any atom is -0.615 e. The maximum Gasteiger partial charge on any atom is 0.165 e. The molecule has 0 aliphatic carbocycles. The van der Waals surface area contributed by atoms with Gasteiger partial charge in [0.05, 0.1) is 7.11 Å². The zero-order valence-electron chi connectivity index (χ0n) is 8.03. The van der Waals surface area contributed by atoms with Crippen LogP contribution in [-0.4, -0.2) is 17.4 Å². The molecule has 1 aromatic carbocycles. The van der Waals surface area contributed by atoms with Gasteiger partial charge in [0.15, 0.2) is 5.75 Å². The minimum atomic E-state index is -0.957. The molecular formula is C11H12O2S. The second-order valence-corrected chi connectivity index (χ2v) is 4.24. The van der Waals surface area contributed by atoms with Crippen LogP contribution in [0.15, 0.2) is 24.3 Å². The standard InChI is InChI=1S/C11H12O2S/c1-3-8-14(12)9-10-4-6-11(13-2)7-5-10/h1,4-7H,8-9H2,2H3. The molecule has 0 bridgehead atoms. The quantitative estimate of drug-likeness (QED) is 0.556. The Kier molecular flexibility index (Phi) is 4.37. The van der Waals surface area contributed by atoms with Gasteiger partial charge in [-0.1, -0.05) is 18.1 Å². The summed E-state index contributed by atoms with van der Waals surface area (Å²) in [5, 5.41) is 0. The number of terminal acetylenes is 1. The van der Waals surface area contributed by atoms with Crippen molar-refractivity contribution in [1.82, 2.24) is 0 Å². The van der Waals surface area contributed by atoms with Gasteiger partial charge in [0.25, 0.3) is 0 Å². The van der Waals surface area contributed by atoms with E-state index in [0.29, 0.717) is 11.5 Å². The highest BCUT2D eigenvalue weighted by Gasteiger charge is 2.05. The fourth-order valence-corrected chi connectivity index (χ4v) is 1.90. The minimum absolute atomic E-state index is 0.312. The van der Waals surface area contributed by atoms with Crippen LogP contribution in [0.3, 0.4) is 0 Å². The van der Waals surface area contributed by atoms with E-state index in [2.05, 4.69) is 5.92 Å². The maximum atomic E-state index is 11.3. The number of benzene rings is 1. The zero-order chi connectivity index (χ0) is 10.4. The lowest BCUT2D eigenvalue weighted by Gasteiger charge is -2.07. The third kappa shape index (κ3) is 3.33. The van der Waals surface area contributed by atoms with Crippen molar-refractivity contribution in [2.24, 2.45) is 0 Å². The van der Waals surface area contributed by atoms with E-state index < -0.39 is 11.2 Å². The fraction of sp³-hybridized carbons (Fsp3) is 0.273. The highest BCUT2D eigenvalue weighted by molar-refractivity contribution is 7.90. The molecule has 1 unspecified atom stereocenters. The van der Waals surface area contributed by atoms with E-state index in [0.717, 1.165) is 11.3 Å². The number of hydrogen-bond donors (Lipinski definition) is 0. The van der Waals surface area contributed by atoms with Gasteiger partial charge in [0.1, 0.15) is 11.5 Å². The summed E-state index contributed by atoms with van der Waals surface area (Å²) in [6, 6.07) is 7.49. The fourth-order valence-electron chi connectivity index (χ4n) is 1.05. The highest BCUT2D eigenvalue weighted by atomic mass is 32.2. The first kappa shape index (κ1) is 11.0. The van der Waals surface area contributed by atoms with Gasteiger partial charge in [-0.05, 0) is 23.3 Å². The molecular weight excluding hydrogens is 196 g/mol. The van der Waals surface area contributed by atoms with Crippen LogP contribution in [0.2, 0.25) is 0 Å². The van der Waals surface area contributed by atoms with Gasteiger partial charge < -0.3 is 9.29 Å².